The van der Waals surface area contributed by atoms with E-state index in [2.05, 4.69) is 10.1 Å². The van der Waals surface area contributed by atoms with Crippen LogP contribution in [-0.2, 0) is 14.3 Å². The number of ether oxygens (including phenoxy) is 1. The molecule has 1 aliphatic rings. The van der Waals surface area contributed by atoms with Crippen molar-refractivity contribution in [2.24, 2.45) is 0 Å². The highest BCUT2D eigenvalue weighted by atomic mass is 19.4. The number of nitrogens with one attached hydrogen (secondary N) is 1. The van der Waals surface area contributed by atoms with E-state index in [0.29, 0.717) is 19.3 Å². The van der Waals surface area contributed by atoms with Gasteiger partial charge in [0.2, 0.25) is 11.8 Å². The smallest absolute Gasteiger partial charge is 0.342 e. The van der Waals surface area contributed by atoms with Gasteiger partial charge in [-0.05, 0) is 19.8 Å². The summed E-state index contributed by atoms with van der Waals surface area (Å²) in [5, 5.41) is 2.65. The van der Waals surface area contributed by atoms with E-state index >= 15 is 0 Å². The Hall–Kier alpha value is -1.31. The van der Waals surface area contributed by atoms with Crippen molar-refractivity contribution in [3.63, 3.8) is 0 Å². The first-order valence-electron chi connectivity index (χ1n) is 6.98. The molecule has 2 amide bonds. The Morgan fingerprint density at radius 3 is 2.43 bits per heavy atom. The quantitative estimate of drug-likeness (QED) is 0.814. The average Bonchev–Trinajstić information content (AvgIpc) is 2.39. The molecule has 1 saturated heterocycles. The first kappa shape index (κ1) is 17.7. The number of rotatable bonds is 6. The average molecular weight is 310 g/mol. The predicted molar refractivity (Wildman–Crippen MR) is 69.3 cm³/mol. The fourth-order valence-corrected chi connectivity index (χ4v) is 2.37. The Balaban J connectivity index is 2.85. The minimum atomic E-state index is -4.74. The van der Waals surface area contributed by atoms with E-state index in [9.17, 15) is 22.8 Å². The molecule has 0 radical (unpaired) electrons. The SMILES string of the molecule is CCCC1NC(=O)C(C)(CC)N(CCOC(F)(F)F)C1=O. The van der Waals surface area contributed by atoms with Crippen molar-refractivity contribution in [1.29, 1.82) is 0 Å². The van der Waals surface area contributed by atoms with Gasteiger partial charge in [0.05, 0.1) is 6.61 Å². The molecule has 8 heteroatoms. The Bertz CT molecular complexity index is 401. The van der Waals surface area contributed by atoms with Crippen LogP contribution in [0.1, 0.15) is 40.0 Å². The second-order valence-electron chi connectivity index (χ2n) is 5.23. The summed E-state index contributed by atoms with van der Waals surface area (Å²) in [6, 6.07) is -0.673. The largest absolute Gasteiger partial charge is 0.522 e. The molecular formula is C13H21F3N2O3. The lowest BCUT2D eigenvalue weighted by molar-refractivity contribution is -0.325. The first-order chi connectivity index (χ1) is 9.65. The molecule has 0 bridgehead atoms. The number of piperazine rings is 1. The van der Waals surface area contributed by atoms with Crippen molar-refractivity contribution < 1.29 is 27.5 Å². The van der Waals surface area contributed by atoms with Crippen molar-refractivity contribution in [2.45, 2.75) is 58.0 Å². The van der Waals surface area contributed by atoms with E-state index in [-0.39, 0.29) is 18.4 Å². The number of nitrogens with zero attached hydrogens (tertiary/aromatic N) is 1. The molecule has 122 valence electrons. The highest BCUT2D eigenvalue weighted by Gasteiger charge is 2.47. The molecule has 1 fully saturated rings. The van der Waals surface area contributed by atoms with Gasteiger partial charge in [0.1, 0.15) is 11.6 Å². The third-order valence-corrected chi connectivity index (χ3v) is 3.80. The van der Waals surface area contributed by atoms with E-state index in [1.165, 1.54) is 4.90 Å². The fraction of sp³-hybridized carbons (Fsp3) is 0.846. The Labute approximate surface area is 121 Å². The molecule has 0 aromatic rings. The van der Waals surface area contributed by atoms with Crippen LogP contribution in [0.2, 0.25) is 0 Å². The zero-order valence-corrected chi connectivity index (χ0v) is 12.4. The van der Waals surface area contributed by atoms with Crippen LogP contribution in [0.3, 0.4) is 0 Å². The Morgan fingerprint density at radius 1 is 1.33 bits per heavy atom. The van der Waals surface area contributed by atoms with E-state index in [1.807, 2.05) is 6.92 Å². The number of hydrogen-bond acceptors (Lipinski definition) is 3. The number of carbonyl (C=O) groups excluding carboxylic acids is 2. The third-order valence-electron chi connectivity index (χ3n) is 3.80. The molecule has 1 N–H and O–H groups in total. The predicted octanol–water partition coefficient (Wildman–Crippen LogP) is 1.82. The molecule has 2 atom stereocenters. The normalized spacial score (nSPS) is 27.0. The molecule has 1 rings (SSSR count). The van der Waals surface area contributed by atoms with Gasteiger partial charge in [0.25, 0.3) is 0 Å². The summed E-state index contributed by atoms with van der Waals surface area (Å²) in [5.74, 6) is -0.693. The van der Waals surface area contributed by atoms with Gasteiger partial charge in [-0.25, -0.2) is 0 Å². The van der Waals surface area contributed by atoms with Gasteiger partial charge < -0.3 is 10.2 Å². The number of amides is 2. The molecule has 0 aromatic carbocycles. The minimum absolute atomic E-state index is 0.268. The lowest BCUT2D eigenvalue weighted by Crippen LogP contribution is -2.69. The van der Waals surface area contributed by atoms with Crippen LogP contribution in [0.15, 0.2) is 0 Å². The number of carbonyl (C=O) groups is 2. The van der Waals surface area contributed by atoms with Gasteiger partial charge in [0, 0.05) is 6.54 Å². The molecular weight excluding hydrogens is 289 g/mol. The van der Waals surface area contributed by atoms with E-state index in [0.717, 1.165) is 0 Å². The van der Waals surface area contributed by atoms with Crippen molar-refractivity contribution in [1.82, 2.24) is 10.2 Å². The monoisotopic (exact) mass is 310 g/mol. The maximum Gasteiger partial charge on any atom is 0.522 e. The van der Waals surface area contributed by atoms with Crippen molar-refractivity contribution in [2.75, 3.05) is 13.2 Å². The van der Waals surface area contributed by atoms with Gasteiger partial charge in [-0.1, -0.05) is 20.3 Å². The molecule has 0 aliphatic carbocycles. The fourth-order valence-electron chi connectivity index (χ4n) is 2.37. The third kappa shape index (κ3) is 4.09. The molecule has 5 nitrogen and oxygen atoms in total. The van der Waals surface area contributed by atoms with Crippen LogP contribution < -0.4 is 5.32 Å². The van der Waals surface area contributed by atoms with E-state index < -0.39 is 24.6 Å². The number of halogens is 3. The summed E-state index contributed by atoms with van der Waals surface area (Å²) in [6.07, 6.45) is -3.28. The molecule has 1 aliphatic heterocycles. The zero-order chi connectivity index (χ0) is 16.3. The van der Waals surface area contributed by atoms with Gasteiger partial charge >= 0.3 is 6.36 Å². The summed E-state index contributed by atoms with van der Waals surface area (Å²) in [6.45, 7) is 4.18. The molecule has 2 unspecified atom stereocenters. The van der Waals surface area contributed by atoms with Crippen molar-refractivity contribution >= 4 is 11.8 Å². The summed E-state index contributed by atoms with van der Waals surface area (Å²) < 4.78 is 39.9. The summed E-state index contributed by atoms with van der Waals surface area (Å²) >= 11 is 0. The lowest BCUT2D eigenvalue weighted by atomic mass is 9.89. The van der Waals surface area contributed by atoms with Gasteiger partial charge in [-0.3, -0.25) is 14.3 Å². The maximum atomic E-state index is 12.4. The first-order valence-corrected chi connectivity index (χ1v) is 6.98. The lowest BCUT2D eigenvalue weighted by Gasteiger charge is -2.46. The molecule has 1 heterocycles. The van der Waals surface area contributed by atoms with Crippen LogP contribution >= 0.6 is 0 Å². The maximum absolute atomic E-state index is 12.4. The highest BCUT2D eigenvalue weighted by molar-refractivity contribution is 5.99. The summed E-state index contributed by atoms with van der Waals surface area (Å²) in [5.41, 5.74) is -1.14. The standard InChI is InChI=1S/C13H21F3N2O3/c1-4-6-9-10(19)18(7-8-21-13(14,15)16)12(3,5-2)11(20)17-9/h9H,4-8H2,1-3H3,(H,17,20). The topological polar surface area (TPSA) is 58.6 Å². The van der Waals surface area contributed by atoms with Gasteiger partial charge in [0.15, 0.2) is 0 Å². The zero-order valence-electron chi connectivity index (χ0n) is 12.4. The van der Waals surface area contributed by atoms with Crippen LogP contribution in [0.25, 0.3) is 0 Å². The molecule has 0 spiro atoms. The van der Waals surface area contributed by atoms with Crippen LogP contribution in [-0.4, -0.2) is 47.8 Å². The second-order valence-corrected chi connectivity index (χ2v) is 5.23. The Morgan fingerprint density at radius 2 is 1.95 bits per heavy atom. The highest BCUT2D eigenvalue weighted by Crippen LogP contribution is 2.26. The molecule has 0 saturated carbocycles. The minimum Gasteiger partial charge on any atom is -0.342 e. The van der Waals surface area contributed by atoms with E-state index in [4.69, 9.17) is 0 Å². The van der Waals surface area contributed by atoms with Crippen LogP contribution in [0.5, 0.6) is 0 Å². The number of alkyl halides is 3. The summed E-state index contributed by atoms with van der Waals surface area (Å²) in [7, 11) is 0. The number of hydrogen-bond donors (Lipinski definition) is 1. The van der Waals surface area contributed by atoms with Gasteiger partial charge in [-0.2, -0.15) is 0 Å². The molecule has 21 heavy (non-hydrogen) atoms. The summed E-state index contributed by atoms with van der Waals surface area (Å²) in [4.78, 5) is 25.8. The van der Waals surface area contributed by atoms with Crippen LogP contribution in [0, 0.1) is 0 Å². The van der Waals surface area contributed by atoms with Crippen LogP contribution in [0.4, 0.5) is 13.2 Å². The van der Waals surface area contributed by atoms with E-state index in [1.54, 1.807) is 13.8 Å². The van der Waals surface area contributed by atoms with Gasteiger partial charge in [-0.15, -0.1) is 13.2 Å². The molecule has 0 aromatic heterocycles. The Kier molecular flexibility index (Phi) is 5.61. The van der Waals surface area contributed by atoms with Crippen molar-refractivity contribution in [3.8, 4) is 0 Å². The van der Waals surface area contributed by atoms with Crippen molar-refractivity contribution in [3.05, 3.63) is 0 Å². The second kappa shape index (κ2) is 6.64.